The number of benzene rings is 1. The first-order chi connectivity index (χ1) is 10.7. The van der Waals surface area contributed by atoms with Gasteiger partial charge in [-0.25, -0.2) is 0 Å². The van der Waals surface area contributed by atoms with Crippen molar-refractivity contribution in [3.8, 4) is 0 Å². The number of carbonyl (C=O) groups is 1. The Kier molecular flexibility index (Phi) is 4.76. The molecule has 2 N–H and O–H groups in total. The maximum Gasteiger partial charge on any atom is 0.277 e. The van der Waals surface area contributed by atoms with E-state index in [2.05, 4.69) is 0 Å². The summed E-state index contributed by atoms with van der Waals surface area (Å²) in [6.45, 7) is 4.91. The van der Waals surface area contributed by atoms with Crippen molar-refractivity contribution in [2.45, 2.75) is 18.4 Å². The molecule has 2 heterocycles. The van der Waals surface area contributed by atoms with E-state index < -0.39 is 5.60 Å². The minimum absolute atomic E-state index is 0.212. The minimum Gasteiger partial charge on any atom is -0.385 e. The van der Waals surface area contributed by atoms with E-state index in [9.17, 15) is 9.90 Å². The zero-order chi connectivity index (χ0) is 15.4. The maximum atomic E-state index is 12.3. The average molecular weight is 305 g/mol. The Hall–Kier alpha value is -1.43. The summed E-state index contributed by atoms with van der Waals surface area (Å²) in [5.41, 5.74) is 0.265. The summed E-state index contributed by atoms with van der Waals surface area (Å²) in [4.78, 5) is 15.5. The molecule has 1 aromatic rings. The van der Waals surface area contributed by atoms with Gasteiger partial charge in [-0.1, -0.05) is 30.3 Å². The zero-order valence-corrected chi connectivity index (χ0v) is 13.0. The van der Waals surface area contributed by atoms with Gasteiger partial charge in [-0.05, 0) is 5.56 Å². The fraction of sp³-hybridized carbons (Fsp3) is 0.588. The zero-order valence-electron chi connectivity index (χ0n) is 13.0. The first-order valence-electron chi connectivity index (χ1n) is 8.14. The van der Waals surface area contributed by atoms with Crippen LogP contribution < -0.4 is 4.90 Å². The molecule has 2 fully saturated rings. The van der Waals surface area contributed by atoms with E-state index in [1.54, 1.807) is 0 Å². The van der Waals surface area contributed by atoms with Gasteiger partial charge in [0.15, 0.2) is 6.54 Å². The van der Waals surface area contributed by atoms with Crippen molar-refractivity contribution < 1.29 is 19.5 Å². The number of aliphatic hydroxyl groups is 1. The monoisotopic (exact) mass is 305 g/mol. The van der Waals surface area contributed by atoms with Crippen molar-refractivity contribution in [1.82, 2.24) is 4.90 Å². The predicted octanol–water partition coefficient (Wildman–Crippen LogP) is -0.588. The molecule has 1 amide bonds. The van der Waals surface area contributed by atoms with Crippen LogP contribution in [-0.4, -0.2) is 61.9 Å². The van der Waals surface area contributed by atoms with E-state index >= 15 is 0 Å². The average Bonchev–Trinajstić information content (AvgIpc) is 2.59. The Morgan fingerprint density at radius 1 is 1.18 bits per heavy atom. The molecule has 120 valence electrons. The van der Waals surface area contributed by atoms with Crippen LogP contribution in [0, 0.1) is 0 Å². The highest BCUT2D eigenvalue weighted by Gasteiger charge is 2.37. The third kappa shape index (κ3) is 3.48. The number of piperidine rings is 1. The Morgan fingerprint density at radius 3 is 2.45 bits per heavy atom. The molecule has 3 rings (SSSR count). The lowest BCUT2D eigenvalue weighted by atomic mass is 9.84. The van der Waals surface area contributed by atoms with E-state index in [1.807, 2.05) is 35.2 Å². The molecule has 0 saturated carbocycles. The molecule has 0 atom stereocenters. The van der Waals surface area contributed by atoms with Gasteiger partial charge in [-0.2, -0.15) is 0 Å². The van der Waals surface area contributed by atoms with Crippen LogP contribution in [0.2, 0.25) is 0 Å². The van der Waals surface area contributed by atoms with Gasteiger partial charge in [0.25, 0.3) is 5.91 Å². The van der Waals surface area contributed by atoms with Crippen LogP contribution in [0.15, 0.2) is 30.3 Å². The van der Waals surface area contributed by atoms with Crippen LogP contribution in [0.25, 0.3) is 0 Å². The van der Waals surface area contributed by atoms with Gasteiger partial charge < -0.3 is 19.6 Å². The number of rotatable bonds is 3. The van der Waals surface area contributed by atoms with Crippen LogP contribution in [0.5, 0.6) is 0 Å². The molecule has 2 aliphatic rings. The van der Waals surface area contributed by atoms with Crippen LogP contribution in [-0.2, 0) is 15.1 Å². The smallest absolute Gasteiger partial charge is 0.277 e. The summed E-state index contributed by atoms with van der Waals surface area (Å²) >= 11 is 0. The highest BCUT2D eigenvalue weighted by atomic mass is 16.5. The van der Waals surface area contributed by atoms with Crippen LogP contribution in [0.4, 0.5) is 0 Å². The summed E-state index contributed by atoms with van der Waals surface area (Å²) in [7, 11) is 0. The Balaban J connectivity index is 1.52. The van der Waals surface area contributed by atoms with Gasteiger partial charge >= 0.3 is 0 Å². The molecule has 0 unspecified atom stereocenters. The number of morpholine rings is 1. The molecular formula is C17H25N2O3+. The van der Waals surface area contributed by atoms with E-state index in [4.69, 9.17) is 4.74 Å². The SMILES string of the molecule is O=C(C[NH+]1CCC(O)(c2ccccc2)CC1)N1CCOCC1. The number of hydrogen-bond donors (Lipinski definition) is 2. The molecular weight excluding hydrogens is 280 g/mol. The van der Waals surface area contributed by atoms with Crippen molar-refractivity contribution in [2.75, 3.05) is 45.9 Å². The normalized spacial score (nSPS) is 29.3. The van der Waals surface area contributed by atoms with Crippen molar-refractivity contribution >= 4 is 5.91 Å². The number of quaternary nitrogens is 1. The molecule has 0 spiro atoms. The largest absolute Gasteiger partial charge is 0.385 e. The van der Waals surface area contributed by atoms with Crippen molar-refractivity contribution in [3.05, 3.63) is 35.9 Å². The molecule has 0 aromatic heterocycles. The lowest BCUT2D eigenvalue weighted by Gasteiger charge is -2.37. The highest BCUT2D eigenvalue weighted by Crippen LogP contribution is 2.28. The van der Waals surface area contributed by atoms with Crippen molar-refractivity contribution in [1.29, 1.82) is 0 Å². The lowest BCUT2D eigenvalue weighted by molar-refractivity contribution is -0.900. The number of likely N-dealkylation sites (tertiary alicyclic amines) is 1. The topological polar surface area (TPSA) is 54.2 Å². The van der Waals surface area contributed by atoms with Crippen LogP contribution in [0.1, 0.15) is 18.4 Å². The molecule has 5 heteroatoms. The Bertz CT molecular complexity index is 492. The summed E-state index contributed by atoms with van der Waals surface area (Å²) in [5.74, 6) is 0.212. The second-order valence-corrected chi connectivity index (χ2v) is 6.32. The van der Waals surface area contributed by atoms with E-state index in [0.29, 0.717) is 45.7 Å². The number of amides is 1. The summed E-state index contributed by atoms with van der Waals surface area (Å²) in [6.07, 6.45) is 1.42. The van der Waals surface area contributed by atoms with E-state index in [1.165, 1.54) is 4.90 Å². The second kappa shape index (κ2) is 6.77. The van der Waals surface area contributed by atoms with Gasteiger partial charge in [-0.15, -0.1) is 0 Å². The molecule has 22 heavy (non-hydrogen) atoms. The van der Waals surface area contributed by atoms with E-state index in [0.717, 1.165) is 18.7 Å². The predicted molar refractivity (Wildman–Crippen MR) is 82.5 cm³/mol. The van der Waals surface area contributed by atoms with Gasteiger partial charge in [-0.3, -0.25) is 4.79 Å². The maximum absolute atomic E-state index is 12.3. The van der Waals surface area contributed by atoms with Crippen LogP contribution in [0.3, 0.4) is 0 Å². The van der Waals surface area contributed by atoms with Gasteiger partial charge in [0.2, 0.25) is 0 Å². The molecule has 0 radical (unpaired) electrons. The molecule has 5 nitrogen and oxygen atoms in total. The molecule has 2 aliphatic heterocycles. The van der Waals surface area contributed by atoms with Crippen molar-refractivity contribution in [2.24, 2.45) is 0 Å². The summed E-state index contributed by atoms with van der Waals surface area (Å²) in [5, 5.41) is 10.8. The third-order valence-electron chi connectivity index (χ3n) is 4.86. The fourth-order valence-corrected chi connectivity index (χ4v) is 3.37. The van der Waals surface area contributed by atoms with Gasteiger partial charge in [0, 0.05) is 25.9 Å². The number of carbonyl (C=O) groups excluding carboxylic acids is 1. The summed E-state index contributed by atoms with van der Waals surface area (Å²) in [6, 6.07) is 9.88. The second-order valence-electron chi connectivity index (χ2n) is 6.32. The van der Waals surface area contributed by atoms with Gasteiger partial charge in [0.1, 0.15) is 5.60 Å². The third-order valence-corrected chi connectivity index (χ3v) is 4.86. The van der Waals surface area contributed by atoms with Crippen molar-refractivity contribution in [3.63, 3.8) is 0 Å². The summed E-state index contributed by atoms with van der Waals surface area (Å²) < 4.78 is 5.28. The van der Waals surface area contributed by atoms with E-state index in [-0.39, 0.29) is 5.91 Å². The Morgan fingerprint density at radius 2 is 1.82 bits per heavy atom. The number of hydrogen-bond acceptors (Lipinski definition) is 3. The quantitative estimate of drug-likeness (QED) is 0.785. The lowest BCUT2D eigenvalue weighted by Crippen LogP contribution is -3.14. The number of nitrogens with one attached hydrogen (secondary N) is 1. The van der Waals surface area contributed by atoms with Gasteiger partial charge in [0.05, 0.1) is 26.3 Å². The highest BCUT2D eigenvalue weighted by molar-refractivity contribution is 5.77. The minimum atomic E-state index is -0.729. The standard InChI is InChI=1S/C17H24N2O3/c20-16(19-10-12-22-13-11-19)14-18-8-6-17(21,7-9-18)15-4-2-1-3-5-15/h1-5,21H,6-14H2/p+1. The molecule has 2 saturated heterocycles. The number of nitrogens with zero attached hydrogens (tertiary/aromatic N) is 1. The molecule has 1 aromatic carbocycles. The fourth-order valence-electron chi connectivity index (χ4n) is 3.37. The van der Waals surface area contributed by atoms with Crippen LogP contribution >= 0.6 is 0 Å². The molecule has 0 bridgehead atoms. The number of ether oxygens (including phenoxy) is 1. The Labute approximate surface area is 131 Å². The first kappa shape index (κ1) is 15.5. The first-order valence-corrected chi connectivity index (χ1v) is 8.14. The molecule has 0 aliphatic carbocycles.